The van der Waals surface area contributed by atoms with E-state index >= 15 is 0 Å². The first-order valence-electron chi connectivity index (χ1n) is 9.99. The molecule has 3 heteroatoms. The Hall–Kier alpha value is -4.03. The lowest BCUT2D eigenvalue weighted by atomic mass is 10.0. The topological polar surface area (TPSA) is 48.6 Å². The second kappa shape index (κ2) is 7.77. The molecule has 0 aliphatic carbocycles. The van der Waals surface area contributed by atoms with Gasteiger partial charge in [-0.1, -0.05) is 48.2 Å². The maximum atomic E-state index is 12.6. The van der Waals surface area contributed by atoms with Crippen molar-refractivity contribution in [2.75, 3.05) is 0 Å². The fourth-order valence-electron chi connectivity index (χ4n) is 3.74. The van der Waals surface area contributed by atoms with Crippen LogP contribution in [0.3, 0.4) is 0 Å². The molecule has 0 radical (unpaired) electrons. The Bertz CT molecular complexity index is 1460. The lowest BCUT2D eigenvalue weighted by Crippen LogP contribution is -2.12. The van der Waals surface area contributed by atoms with Crippen LogP contribution in [0.5, 0.6) is 0 Å². The first-order valence-corrected chi connectivity index (χ1v) is 9.99. The molecule has 3 aromatic carbocycles. The highest BCUT2D eigenvalue weighted by molar-refractivity contribution is 5.81. The largest absolute Gasteiger partial charge is 0.361 e. The molecule has 0 atom stereocenters. The summed E-state index contributed by atoms with van der Waals surface area (Å²) in [7, 11) is 0. The van der Waals surface area contributed by atoms with Crippen molar-refractivity contribution in [3.05, 3.63) is 118 Å². The molecule has 2 N–H and O–H groups in total. The van der Waals surface area contributed by atoms with Crippen molar-refractivity contribution in [1.82, 2.24) is 9.97 Å². The van der Waals surface area contributed by atoms with Crippen molar-refractivity contribution in [3.63, 3.8) is 0 Å². The first-order chi connectivity index (χ1) is 14.7. The van der Waals surface area contributed by atoms with E-state index < -0.39 is 0 Å². The highest BCUT2D eigenvalue weighted by Crippen LogP contribution is 2.18. The molecule has 0 aliphatic rings. The van der Waals surface area contributed by atoms with E-state index in [1.54, 1.807) is 0 Å². The van der Waals surface area contributed by atoms with E-state index in [0.29, 0.717) is 6.42 Å². The van der Waals surface area contributed by atoms with Gasteiger partial charge in [0.05, 0.1) is 0 Å². The van der Waals surface area contributed by atoms with Crippen molar-refractivity contribution in [2.24, 2.45) is 0 Å². The van der Waals surface area contributed by atoms with Gasteiger partial charge in [0, 0.05) is 41.2 Å². The monoisotopic (exact) mass is 388 g/mol. The number of fused-ring (bicyclic) bond motifs is 2. The van der Waals surface area contributed by atoms with Crippen LogP contribution in [0.15, 0.2) is 89.9 Å². The lowest BCUT2D eigenvalue weighted by Gasteiger charge is -2.05. The molecule has 0 amide bonds. The molecule has 2 aromatic heterocycles. The third-order valence-corrected chi connectivity index (χ3v) is 5.30. The zero-order valence-electron chi connectivity index (χ0n) is 16.4. The van der Waals surface area contributed by atoms with Gasteiger partial charge >= 0.3 is 0 Å². The SMILES string of the molecule is O=c1[nH]c2ccc(C#CCc3ccccc3)cc2cc1Cc1ccc2[nH]ccc2c1. The van der Waals surface area contributed by atoms with E-state index in [0.717, 1.165) is 44.9 Å². The molecule has 5 aromatic rings. The maximum Gasteiger partial charge on any atom is 0.251 e. The molecule has 0 unspecified atom stereocenters. The van der Waals surface area contributed by atoms with Crippen LogP contribution in [0, 0.1) is 11.8 Å². The summed E-state index contributed by atoms with van der Waals surface area (Å²) >= 11 is 0. The zero-order valence-corrected chi connectivity index (χ0v) is 16.4. The van der Waals surface area contributed by atoms with Gasteiger partial charge in [-0.2, -0.15) is 0 Å². The number of H-pyrrole nitrogens is 2. The molecule has 30 heavy (non-hydrogen) atoms. The Labute approximate surface area is 174 Å². The number of hydrogen-bond donors (Lipinski definition) is 2. The van der Waals surface area contributed by atoms with Crippen LogP contribution in [0.1, 0.15) is 22.3 Å². The Morgan fingerprint density at radius 1 is 0.767 bits per heavy atom. The van der Waals surface area contributed by atoms with Crippen molar-refractivity contribution in [2.45, 2.75) is 12.8 Å². The van der Waals surface area contributed by atoms with Crippen molar-refractivity contribution in [3.8, 4) is 11.8 Å². The predicted molar refractivity (Wildman–Crippen MR) is 123 cm³/mol. The van der Waals surface area contributed by atoms with Crippen molar-refractivity contribution < 1.29 is 0 Å². The quantitative estimate of drug-likeness (QED) is 0.410. The lowest BCUT2D eigenvalue weighted by molar-refractivity contribution is 1.12. The Morgan fingerprint density at radius 2 is 1.63 bits per heavy atom. The Balaban J connectivity index is 1.43. The predicted octanol–water partition coefficient (Wildman–Crippen LogP) is 5.19. The van der Waals surface area contributed by atoms with Gasteiger partial charge < -0.3 is 9.97 Å². The van der Waals surface area contributed by atoms with Gasteiger partial charge in [-0.25, -0.2) is 0 Å². The number of aromatic amines is 2. The molecule has 0 aliphatic heterocycles. The summed E-state index contributed by atoms with van der Waals surface area (Å²) in [5, 5.41) is 2.15. The number of benzene rings is 3. The molecule has 0 spiro atoms. The number of hydrogen-bond acceptors (Lipinski definition) is 1. The van der Waals surface area contributed by atoms with E-state index in [2.05, 4.69) is 52.1 Å². The van der Waals surface area contributed by atoms with E-state index in [9.17, 15) is 4.79 Å². The van der Waals surface area contributed by atoms with E-state index in [1.165, 1.54) is 5.56 Å². The normalized spacial score (nSPS) is 10.8. The molecular formula is C27H20N2O. The second-order valence-electron chi connectivity index (χ2n) is 7.47. The zero-order chi connectivity index (χ0) is 20.3. The van der Waals surface area contributed by atoms with Crippen molar-refractivity contribution >= 4 is 21.8 Å². The van der Waals surface area contributed by atoms with Crippen LogP contribution in [-0.2, 0) is 12.8 Å². The van der Waals surface area contributed by atoms with Crippen LogP contribution in [-0.4, -0.2) is 9.97 Å². The summed E-state index contributed by atoms with van der Waals surface area (Å²) in [6.07, 6.45) is 3.24. The van der Waals surface area contributed by atoms with E-state index in [1.807, 2.05) is 54.7 Å². The van der Waals surface area contributed by atoms with Gasteiger partial charge in [0.1, 0.15) is 0 Å². The summed E-state index contributed by atoms with van der Waals surface area (Å²) in [5.41, 5.74) is 5.92. The summed E-state index contributed by atoms with van der Waals surface area (Å²) < 4.78 is 0. The molecule has 5 rings (SSSR count). The van der Waals surface area contributed by atoms with Gasteiger partial charge in [-0.3, -0.25) is 4.79 Å². The fourth-order valence-corrected chi connectivity index (χ4v) is 3.74. The summed E-state index contributed by atoms with van der Waals surface area (Å²) in [5.74, 6) is 6.48. The van der Waals surface area contributed by atoms with Crippen LogP contribution >= 0.6 is 0 Å². The molecule has 3 nitrogen and oxygen atoms in total. The number of aromatic nitrogens is 2. The first kappa shape index (κ1) is 18.0. The third-order valence-electron chi connectivity index (χ3n) is 5.30. The number of rotatable bonds is 3. The minimum atomic E-state index is -0.0421. The summed E-state index contributed by atoms with van der Waals surface area (Å²) in [4.78, 5) is 18.8. The Kier molecular flexibility index (Phi) is 4.67. The molecule has 144 valence electrons. The highest BCUT2D eigenvalue weighted by atomic mass is 16.1. The Morgan fingerprint density at radius 3 is 2.53 bits per heavy atom. The van der Waals surface area contributed by atoms with Crippen LogP contribution in [0.4, 0.5) is 0 Å². The van der Waals surface area contributed by atoms with Crippen molar-refractivity contribution in [1.29, 1.82) is 0 Å². The highest BCUT2D eigenvalue weighted by Gasteiger charge is 2.06. The molecule has 0 saturated carbocycles. The molecule has 2 heterocycles. The van der Waals surface area contributed by atoms with Gasteiger partial charge in [-0.05, 0) is 64.4 Å². The summed E-state index contributed by atoms with van der Waals surface area (Å²) in [6, 6.07) is 26.4. The van der Waals surface area contributed by atoms with Crippen LogP contribution in [0.2, 0.25) is 0 Å². The van der Waals surface area contributed by atoms with E-state index in [-0.39, 0.29) is 5.56 Å². The molecular weight excluding hydrogens is 368 g/mol. The maximum absolute atomic E-state index is 12.6. The number of nitrogens with one attached hydrogen (secondary N) is 2. The van der Waals surface area contributed by atoms with E-state index in [4.69, 9.17) is 0 Å². The third kappa shape index (κ3) is 3.76. The van der Waals surface area contributed by atoms with Gasteiger partial charge in [0.15, 0.2) is 0 Å². The van der Waals surface area contributed by atoms with Gasteiger partial charge in [-0.15, -0.1) is 0 Å². The smallest absolute Gasteiger partial charge is 0.251 e. The minimum Gasteiger partial charge on any atom is -0.361 e. The standard InChI is InChI=1S/C27H20N2O/c30-27-24(17-21-10-11-25-22(16-21)13-14-28-25)18-23-15-20(9-12-26(23)29-27)8-4-7-19-5-2-1-3-6-19/h1-3,5-6,9-16,18,28H,7,17H2,(H,29,30). The van der Waals surface area contributed by atoms with Gasteiger partial charge in [0.2, 0.25) is 0 Å². The minimum absolute atomic E-state index is 0.0421. The summed E-state index contributed by atoms with van der Waals surface area (Å²) in [6.45, 7) is 0. The molecule has 0 bridgehead atoms. The molecule has 0 saturated heterocycles. The second-order valence-corrected chi connectivity index (χ2v) is 7.47. The van der Waals surface area contributed by atoms with Crippen LogP contribution < -0.4 is 5.56 Å². The average molecular weight is 388 g/mol. The average Bonchev–Trinajstić information content (AvgIpc) is 3.23. The molecule has 0 fully saturated rings. The number of pyridine rings is 1. The van der Waals surface area contributed by atoms with Gasteiger partial charge in [0.25, 0.3) is 5.56 Å². The van der Waals surface area contributed by atoms with Crippen LogP contribution in [0.25, 0.3) is 21.8 Å². The fraction of sp³-hybridized carbons (Fsp3) is 0.0741.